The molecule has 7 nitrogen and oxygen atoms in total. The van der Waals surface area contributed by atoms with Gasteiger partial charge < -0.3 is 9.05 Å². The van der Waals surface area contributed by atoms with Gasteiger partial charge in [-0.3, -0.25) is 0 Å². The van der Waals surface area contributed by atoms with Crippen LogP contribution < -0.4 is 9.05 Å². The standard InChI is InChI=1S/C20H11N4O3P/c21-11-17-13-3-1-5-19(15(13)7-9-23-17)26-28(25)27-20-6-2-4-14-16(20)8-10-24-18(14)12-22/h1-10,28H. The van der Waals surface area contributed by atoms with Gasteiger partial charge in [0.2, 0.25) is 0 Å². The van der Waals surface area contributed by atoms with Crippen molar-refractivity contribution < 1.29 is 13.6 Å². The molecule has 2 heterocycles. The van der Waals surface area contributed by atoms with E-state index in [0.29, 0.717) is 33.0 Å². The lowest BCUT2D eigenvalue weighted by atomic mass is 10.1. The summed E-state index contributed by atoms with van der Waals surface area (Å²) >= 11 is 0. The molecule has 4 rings (SSSR count). The van der Waals surface area contributed by atoms with Crippen molar-refractivity contribution in [2.45, 2.75) is 0 Å². The molecule has 0 aliphatic heterocycles. The maximum absolute atomic E-state index is 12.6. The van der Waals surface area contributed by atoms with Crippen molar-refractivity contribution in [3.05, 3.63) is 72.3 Å². The maximum Gasteiger partial charge on any atom is 0.419 e. The summed E-state index contributed by atoms with van der Waals surface area (Å²) in [6.45, 7) is 0. The molecular formula is C20H11N4O3P. The summed E-state index contributed by atoms with van der Waals surface area (Å²) in [5.74, 6) is 0.666. The van der Waals surface area contributed by atoms with Crippen LogP contribution in [0, 0.1) is 22.7 Å². The summed E-state index contributed by atoms with van der Waals surface area (Å²) in [6, 6.07) is 17.6. The van der Waals surface area contributed by atoms with E-state index in [4.69, 9.17) is 9.05 Å². The van der Waals surface area contributed by atoms with Gasteiger partial charge in [0.15, 0.2) is 0 Å². The molecular weight excluding hydrogens is 375 g/mol. The van der Waals surface area contributed by atoms with Gasteiger partial charge in [0.1, 0.15) is 35.0 Å². The number of fused-ring (bicyclic) bond motifs is 2. The molecule has 8 heteroatoms. The van der Waals surface area contributed by atoms with Crippen molar-refractivity contribution in [2.75, 3.05) is 0 Å². The Hall–Kier alpha value is -3.93. The van der Waals surface area contributed by atoms with Crippen LogP contribution in [0.1, 0.15) is 11.4 Å². The van der Waals surface area contributed by atoms with Gasteiger partial charge in [-0.1, -0.05) is 24.3 Å². The molecule has 0 bridgehead atoms. The zero-order chi connectivity index (χ0) is 19.5. The minimum Gasteiger partial charge on any atom is -0.417 e. The number of benzene rings is 2. The highest BCUT2D eigenvalue weighted by Gasteiger charge is 2.13. The van der Waals surface area contributed by atoms with E-state index in [1.54, 1.807) is 48.5 Å². The highest BCUT2D eigenvalue weighted by atomic mass is 31.1. The zero-order valence-electron chi connectivity index (χ0n) is 14.3. The number of pyridine rings is 2. The Morgan fingerprint density at radius 2 is 1.18 bits per heavy atom. The van der Waals surface area contributed by atoms with E-state index >= 15 is 0 Å². The van der Waals surface area contributed by atoms with Crippen molar-refractivity contribution in [1.82, 2.24) is 9.97 Å². The molecule has 0 aliphatic carbocycles. The van der Waals surface area contributed by atoms with Crippen LogP contribution in [0.5, 0.6) is 11.5 Å². The molecule has 134 valence electrons. The second-order valence-corrected chi connectivity index (χ2v) is 6.61. The highest BCUT2D eigenvalue weighted by molar-refractivity contribution is 7.34. The molecule has 0 fully saturated rings. The van der Waals surface area contributed by atoms with Crippen LogP contribution in [0.25, 0.3) is 21.5 Å². The second-order valence-electron chi connectivity index (χ2n) is 5.70. The predicted molar refractivity (Wildman–Crippen MR) is 103 cm³/mol. The first-order valence-electron chi connectivity index (χ1n) is 8.16. The van der Waals surface area contributed by atoms with Crippen LogP contribution in [0.3, 0.4) is 0 Å². The van der Waals surface area contributed by atoms with Crippen LogP contribution in [0.4, 0.5) is 0 Å². The minimum absolute atomic E-state index is 0.258. The first-order chi connectivity index (χ1) is 13.7. The summed E-state index contributed by atoms with van der Waals surface area (Å²) in [7, 11) is -2.97. The fourth-order valence-electron chi connectivity index (χ4n) is 2.91. The monoisotopic (exact) mass is 386 g/mol. The number of aromatic nitrogens is 2. The molecule has 0 unspecified atom stereocenters. The Balaban J connectivity index is 1.67. The summed E-state index contributed by atoms with van der Waals surface area (Å²) in [5.41, 5.74) is 0.517. The largest absolute Gasteiger partial charge is 0.419 e. The molecule has 2 aromatic carbocycles. The molecule has 4 aromatic rings. The summed E-state index contributed by atoms with van der Waals surface area (Å²) < 4.78 is 23.6. The SMILES string of the molecule is N#Cc1nccc2c(O[PH](=O)Oc3cccc4c(C#N)nccc34)cccc12. The van der Waals surface area contributed by atoms with Gasteiger partial charge >= 0.3 is 8.25 Å². The highest BCUT2D eigenvalue weighted by Crippen LogP contribution is 2.37. The van der Waals surface area contributed by atoms with E-state index in [1.165, 1.54) is 12.4 Å². The first-order valence-corrected chi connectivity index (χ1v) is 9.39. The quantitative estimate of drug-likeness (QED) is 0.479. The van der Waals surface area contributed by atoms with E-state index < -0.39 is 8.25 Å². The molecule has 0 aliphatic rings. The third-order valence-electron chi connectivity index (χ3n) is 4.13. The number of hydrogen-bond donors (Lipinski definition) is 0. The molecule has 0 spiro atoms. The van der Waals surface area contributed by atoms with Gasteiger partial charge in [-0.15, -0.1) is 0 Å². The third kappa shape index (κ3) is 3.12. The molecule has 2 aromatic heterocycles. The minimum atomic E-state index is -2.97. The van der Waals surface area contributed by atoms with E-state index in [9.17, 15) is 15.1 Å². The fraction of sp³-hybridized carbons (Fsp3) is 0. The average Bonchev–Trinajstić information content (AvgIpc) is 2.73. The molecule has 0 atom stereocenters. The maximum atomic E-state index is 12.6. The Bertz CT molecular complexity index is 1220. The van der Waals surface area contributed by atoms with Crippen molar-refractivity contribution in [1.29, 1.82) is 10.5 Å². The van der Waals surface area contributed by atoms with E-state index in [2.05, 4.69) is 9.97 Å². The smallest absolute Gasteiger partial charge is 0.417 e. The Labute approximate surface area is 160 Å². The van der Waals surface area contributed by atoms with Gasteiger partial charge in [0.05, 0.1) is 0 Å². The lowest BCUT2D eigenvalue weighted by Crippen LogP contribution is -1.93. The van der Waals surface area contributed by atoms with Crippen LogP contribution >= 0.6 is 8.25 Å². The Kier molecular flexibility index (Phi) is 4.60. The summed E-state index contributed by atoms with van der Waals surface area (Å²) in [4.78, 5) is 8.03. The number of nitriles is 2. The van der Waals surface area contributed by atoms with E-state index in [-0.39, 0.29) is 11.4 Å². The van der Waals surface area contributed by atoms with Gasteiger partial charge in [-0.2, -0.15) is 10.5 Å². The lowest BCUT2D eigenvalue weighted by Gasteiger charge is -2.12. The number of hydrogen-bond acceptors (Lipinski definition) is 7. The van der Waals surface area contributed by atoms with Crippen molar-refractivity contribution in [2.24, 2.45) is 0 Å². The fourth-order valence-corrected chi connectivity index (χ4v) is 3.67. The van der Waals surface area contributed by atoms with Crippen LogP contribution in [0.15, 0.2) is 60.9 Å². The van der Waals surface area contributed by atoms with Crippen molar-refractivity contribution in [3.8, 4) is 23.6 Å². The van der Waals surface area contributed by atoms with E-state index in [0.717, 1.165) is 0 Å². The number of rotatable bonds is 4. The van der Waals surface area contributed by atoms with Gasteiger partial charge in [0, 0.05) is 33.9 Å². The van der Waals surface area contributed by atoms with E-state index in [1.807, 2.05) is 12.1 Å². The molecule has 0 radical (unpaired) electrons. The second kappa shape index (κ2) is 7.36. The third-order valence-corrected chi connectivity index (χ3v) is 4.90. The van der Waals surface area contributed by atoms with Crippen LogP contribution in [0.2, 0.25) is 0 Å². The molecule has 0 saturated carbocycles. The summed E-state index contributed by atoms with van der Waals surface area (Å²) in [6.07, 6.45) is 2.99. The Morgan fingerprint density at radius 3 is 1.61 bits per heavy atom. The topological polar surface area (TPSA) is 109 Å². The molecule has 0 amide bonds. The van der Waals surface area contributed by atoms with Crippen molar-refractivity contribution in [3.63, 3.8) is 0 Å². The van der Waals surface area contributed by atoms with Gasteiger partial charge in [-0.05, 0) is 24.3 Å². The number of nitrogens with zero attached hydrogens (tertiary/aromatic N) is 4. The lowest BCUT2D eigenvalue weighted by molar-refractivity contribution is 0.419. The zero-order valence-corrected chi connectivity index (χ0v) is 15.3. The molecule has 28 heavy (non-hydrogen) atoms. The van der Waals surface area contributed by atoms with Crippen LogP contribution in [-0.2, 0) is 4.57 Å². The van der Waals surface area contributed by atoms with Gasteiger partial charge in [0.25, 0.3) is 0 Å². The molecule has 0 N–H and O–H groups in total. The average molecular weight is 386 g/mol. The first kappa shape index (κ1) is 17.5. The van der Waals surface area contributed by atoms with Gasteiger partial charge in [-0.25, -0.2) is 14.5 Å². The normalized spacial score (nSPS) is 10.5. The molecule has 0 saturated heterocycles. The predicted octanol–water partition coefficient (Wildman–Crippen LogP) is 4.37. The van der Waals surface area contributed by atoms with Crippen LogP contribution in [-0.4, -0.2) is 9.97 Å². The summed E-state index contributed by atoms with van der Waals surface area (Å²) in [5, 5.41) is 20.8. The van der Waals surface area contributed by atoms with Crippen molar-refractivity contribution >= 4 is 29.8 Å². The Morgan fingerprint density at radius 1 is 0.714 bits per heavy atom.